The minimum absolute atomic E-state index is 0. The Hall–Kier alpha value is 2.33. The van der Waals surface area contributed by atoms with Crippen LogP contribution in [0, 0.1) is 0 Å². The first kappa shape index (κ1) is 29.5. The summed E-state index contributed by atoms with van der Waals surface area (Å²) in [7, 11) is -4.67. The fourth-order valence-corrected chi connectivity index (χ4v) is 0. The van der Waals surface area contributed by atoms with E-state index in [1.807, 2.05) is 0 Å². The van der Waals surface area contributed by atoms with Gasteiger partial charge in [-0.1, -0.05) is 0 Å². The molecule has 81 valence electrons. The maximum Gasteiger partial charge on any atom is 0 e. The first-order valence-corrected chi connectivity index (χ1v) is 4.98. The van der Waals surface area contributed by atoms with E-state index >= 15 is 0 Å². The van der Waals surface area contributed by atoms with Crippen LogP contribution in [0.1, 0.15) is 2.85 Å². The second-order valence-corrected chi connectivity index (χ2v) is 3.19. The van der Waals surface area contributed by atoms with E-state index in [2.05, 4.69) is 0 Å². The zero-order valence-corrected chi connectivity index (χ0v) is 14.2. The van der Waals surface area contributed by atoms with Crippen molar-refractivity contribution in [3.8, 4) is 0 Å². The van der Waals surface area contributed by atoms with Gasteiger partial charge in [-0.05, 0) is 0 Å². The van der Waals surface area contributed by atoms with E-state index in [0.717, 1.165) is 0 Å². The molecule has 0 saturated carbocycles. The molecule has 0 unspecified atom stereocenters. The Morgan fingerprint density at radius 1 is 1.08 bits per heavy atom. The third-order valence-electron chi connectivity index (χ3n) is 0. The fraction of sp³-hybridized carbons (Fsp3) is 0. The van der Waals surface area contributed by atoms with Crippen molar-refractivity contribution in [2.24, 2.45) is 0 Å². The maximum atomic E-state index is 8.82. The van der Waals surface area contributed by atoms with Crippen molar-refractivity contribution in [3.63, 3.8) is 0 Å². The van der Waals surface area contributed by atoms with Crippen LogP contribution in [0.3, 0.4) is 0 Å². The summed E-state index contributed by atoms with van der Waals surface area (Å²) in [6.45, 7) is 0. The molecular formula is H6CaCrCuO8SZn. The van der Waals surface area contributed by atoms with Gasteiger partial charge in [0, 0.05) is 36.5 Å². The van der Waals surface area contributed by atoms with Crippen LogP contribution in [0.4, 0.5) is 0 Å². The second-order valence-electron chi connectivity index (χ2n) is 0.896. The molecule has 13 heavy (non-hydrogen) atoms. The molecule has 0 saturated heterocycles. The molecule has 0 spiro atoms. The number of hydrogen-bond donors (Lipinski definition) is 4. The molecule has 0 amide bonds. The van der Waals surface area contributed by atoms with Crippen molar-refractivity contribution in [3.05, 3.63) is 0 Å². The van der Waals surface area contributed by atoms with Gasteiger partial charge in [-0.3, -0.25) is 9.11 Å². The SMILES string of the molecule is O=S(=O)(O)O.[Ca+2].[Cu].[H-].[H-].[O]=[Cr](=[O])([OH])[OH].[Zn]. The molecule has 0 aliphatic carbocycles. The summed E-state index contributed by atoms with van der Waals surface area (Å²) < 4.78 is 63.5. The van der Waals surface area contributed by atoms with E-state index in [4.69, 9.17) is 33.4 Å². The molecule has 13 heteroatoms. The first-order chi connectivity index (χ1) is 4.00. The molecular weight excluding hydrogens is 381 g/mol. The van der Waals surface area contributed by atoms with Gasteiger partial charge in [0.1, 0.15) is 0 Å². The van der Waals surface area contributed by atoms with Gasteiger partial charge >= 0.3 is 77.7 Å². The molecule has 0 aliphatic heterocycles. The third-order valence-corrected chi connectivity index (χ3v) is 0. The van der Waals surface area contributed by atoms with Gasteiger partial charge in [0.05, 0.1) is 0 Å². The van der Waals surface area contributed by atoms with E-state index < -0.39 is 24.0 Å². The predicted octanol–water partition coefficient (Wildman–Crippen LogP) is -2.17. The van der Waals surface area contributed by atoms with Gasteiger partial charge in [0.15, 0.2) is 0 Å². The Morgan fingerprint density at radius 2 is 1.08 bits per heavy atom. The largest absolute Gasteiger partial charge is 0 e. The van der Waals surface area contributed by atoms with Crippen LogP contribution >= 0.6 is 0 Å². The zero-order chi connectivity index (χ0) is 9.00. The number of hydrogen-bond acceptors (Lipinski definition) is 4. The number of rotatable bonds is 0. The maximum absolute atomic E-state index is 8.82. The molecule has 0 rings (SSSR count). The van der Waals surface area contributed by atoms with Crippen molar-refractivity contribution < 1.29 is 86.5 Å². The molecule has 0 aromatic heterocycles. The van der Waals surface area contributed by atoms with E-state index in [9.17, 15) is 0 Å². The quantitative estimate of drug-likeness (QED) is 0.271. The average molecular weight is 387 g/mol. The molecule has 0 aliphatic rings. The van der Waals surface area contributed by atoms with E-state index in [1.165, 1.54) is 0 Å². The molecule has 0 fully saturated rings. The molecule has 0 heterocycles. The van der Waals surface area contributed by atoms with Crippen LogP contribution in [0.15, 0.2) is 0 Å². The first-order valence-electron chi connectivity index (χ1n) is 1.40. The zero-order valence-electron chi connectivity index (χ0n) is 7.95. The Bertz CT molecular complexity index is 229. The Morgan fingerprint density at radius 3 is 1.08 bits per heavy atom. The van der Waals surface area contributed by atoms with Crippen LogP contribution in [0.2, 0.25) is 0 Å². The van der Waals surface area contributed by atoms with E-state index in [-0.39, 0.29) is 77.1 Å². The monoisotopic (exact) mass is 385 g/mol. The molecule has 4 N–H and O–H groups in total. The summed E-state index contributed by atoms with van der Waals surface area (Å²) in [6, 6.07) is 0. The molecule has 0 bridgehead atoms. The van der Waals surface area contributed by atoms with E-state index in [0.29, 0.717) is 0 Å². The van der Waals surface area contributed by atoms with E-state index in [1.54, 1.807) is 0 Å². The predicted molar refractivity (Wildman–Crippen MR) is 28.0 cm³/mol. The second kappa shape index (κ2) is 12.4. The third kappa shape index (κ3) is 403. The Balaban J connectivity index is -0.0000000128. The summed E-state index contributed by atoms with van der Waals surface area (Å²) in [5, 5.41) is 0. The van der Waals surface area contributed by atoms with Gasteiger partial charge in [-0.15, -0.1) is 0 Å². The van der Waals surface area contributed by atoms with Crippen molar-refractivity contribution in [1.82, 2.24) is 0 Å². The minimum Gasteiger partial charge on any atom is 0 e. The molecule has 0 aromatic carbocycles. The minimum atomic E-state index is -5.25. The van der Waals surface area contributed by atoms with Crippen molar-refractivity contribution in [2.45, 2.75) is 0 Å². The molecule has 1 radical (unpaired) electrons. The van der Waals surface area contributed by atoms with Gasteiger partial charge in [-0.2, -0.15) is 8.42 Å². The summed E-state index contributed by atoms with van der Waals surface area (Å²) in [6.07, 6.45) is 0. The van der Waals surface area contributed by atoms with Crippen LogP contribution in [0.5, 0.6) is 0 Å². The van der Waals surface area contributed by atoms with Crippen molar-refractivity contribution in [1.29, 1.82) is 0 Å². The smallest absolute Gasteiger partial charge is 0 e. The van der Waals surface area contributed by atoms with Gasteiger partial charge in [0.2, 0.25) is 0 Å². The van der Waals surface area contributed by atoms with Gasteiger partial charge in [-0.25, -0.2) is 0 Å². The van der Waals surface area contributed by atoms with Crippen molar-refractivity contribution in [2.75, 3.05) is 0 Å². The molecule has 0 aromatic rings. The topological polar surface area (TPSA) is 149 Å². The summed E-state index contributed by atoms with van der Waals surface area (Å²) in [4.78, 5) is 0. The molecule has 8 nitrogen and oxygen atoms in total. The normalized spacial score (nSPS) is 8.92. The molecule has 0 atom stereocenters. The van der Waals surface area contributed by atoms with Crippen LogP contribution in [-0.4, -0.2) is 63.6 Å². The summed E-state index contributed by atoms with van der Waals surface area (Å²) >= 11 is -5.25. The van der Waals surface area contributed by atoms with Gasteiger partial charge in [0.25, 0.3) is 0 Å². The Labute approximate surface area is 133 Å². The van der Waals surface area contributed by atoms with Crippen LogP contribution in [-0.2, 0) is 68.2 Å². The Kier molecular flexibility index (Phi) is 28.1. The van der Waals surface area contributed by atoms with Crippen LogP contribution in [0.25, 0.3) is 0 Å². The average Bonchev–Trinajstić information content (AvgIpc) is 1.12. The summed E-state index contributed by atoms with van der Waals surface area (Å²) in [5.74, 6) is 0. The summed E-state index contributed by atoms with van der Waals surface area (Å²) in [5.41, 5.74) is 0. The van der Waals surface area contributed by atoms with Gasteiger partial charge < -0.3 is 2.85 Å². The van der Waals surface area contributed by atoms with Crippen molar-refractivity contribution >= 4 is 48.1 Å². The standard InChI is InChI=1S/Ca.Cr.Cu.H2O4S.2H2O.2O.Zn.2H/c;;;1-5(2,3)4;;;;;;;/h;;;(H2,1,2,3,4);2*1H2;;;;;/q2*+2;;;;;;;;2*-1/p-2. The fourth-order valence-electron chi connectivity index (χ4n) is 0. The van der Waals surface area contributed by atoms with Crippen LogP contribution < -0.4 is 0 Å².